The van der Waals surface area contributed by atoms with E-state index in [1.54, 1.807) is 13.8 Å². The quantitative estimate of drug-likeness (QED) is 0.627. The summed E-state index contributed by atoms with van der Waals surface area (Å²) in [7, 11) is -6.95. The van der Waals surface area contributed by atoms with E-state index in [1.807, 2.05) is 0 Å². The Bertz CT molecular complexity index is 428. The SMILES string of the molecule is CCC(C)(CCO)NS(=O)(=O)CCS(C)(=O)=O. The molecule has 0 heterocycles. The van der Waals surface area contributed by atoms with Gasteiger partial charge in [-0.15, -0.1) is 0 Å². The van der Waals surface area contributed by atoms with Gasteiger partial charge in [0.1, 0.15) is 9.84 Å². The van der Waals surface area contributed by atoms with Gasteiger partial charge in [-0.3, -0.25) is 0 Å². The Morgan fingerprint density at radius 2 is 1.71 bits per heavy atom. The number of rotatable bonds is 8. The summed E-state index contributed by atoms with van der Waals surface area (Å²) in [4.78, 5) is 0. The molecule has 6 nitrogen and oxygen atoms in total. The zero-order chi connectivity index (χ0) is 13.7. The highest BCUT2D eigenvalue weighted by molar-refractivity contribution is 7.93. The molecular formula is C9H21NO5S2. The Labute approximate surface area is 103 Å². The Hall–Kier alpha value is -0.180. The van der Waals surface area contributed by atoms with Gasteiger partial charge in [-0.1, -0.05) is 6.92 Å². The smallest absolute Gasteiger partial charge is 0.213 e. The fourth-order valence-electron chi connectivity index (χ4n) is 1.23. The molecule has 0 aromatic heterocycles. The van der Waals surface area contributed by atoms with Gasteiger partial charge < -0.3 is 5.11 Å². The monoisotopic (exact) mass is 287 g/mol. The highest BCUT2D eigenvalue weighted by atomic mass is 32.2. The topological polar surface area (TPSA) is 101 Å². The van der Waals surface area contributed by atoms with E-state index in [9.17, 15) is 16.8 Å². The summed E-state index contributed by atoms with van der Waals surface area (Å²) in [6.07, 6.45) is 1.81. The molecule has 0 amide bonds. The molecule has 1 unspecified atom stereocenters. The Morgan fingerprint density at radius 3 is 2.06 bits per heavy atom. The Kier molecular flexibility index (Phi) is 6.06. The summed E-state index contributed by atoms with van der Waals surface area (Å²) in [5, 5.41) is 8.86. The predicted molar refractivity (Wildman–Crippen MR) is 67.0 cm³/mol. The average Bonchev–Trinajstić information content (AvgIpc) is 2.14. The van der Waals surface area contributed by atoms with Gasteiger partial charge in [-0.05, 0) is 19.8 Å². The van der Waals surface area contributed by atoms with Crippen LogP contribution in [0.2, 0.25) is 0 Å². The molecule has 0 aliphatic rings. The van der Waals surface area contributed by atoms with Crippen molar-refractivity contribution in [2.45, 2.75) is 32.2 Å². The van der Waals surface area contributed by atoms with Crippen LogP contribution >= 0.6 is 0 Å². The van der Waals surface area contributed by atoms with Crippen molar-refractivity contribution in [1.29, 1.82) is 0 Å². The van der Waals surface area contributed by atoms with Crippen molar-refractivity contribution in [2.75, 3.05) is 24.4 Å². The Balaban J connectivity index is 4.63. The van der Waals surface area contributed by atoms with Crippen molar-refractivity contribution in [3.8, 4) is 0 Å². The molecule has 0 aromatic rings. The number of aliphatic hydroxyl groups is 1. The van der Waals surface area contributed by atoms with Crippen LogP contribution in [-0.4, -0.2) is 51.8 Å². The minimum Gasteiger partial charge on any atom is -0.396 e. The molecule has 0 aromatic carbocycles. The van der Waals surface area contributed by atoms with Gasteiger partial charge in [0.05, 0.1) is 11.5 Å². The van der Waals surface area contributed by atoms with Crippen LogP contribution in [0.5, 0.6) is 0 Å². The van der Waals surface area contributed by atoms with Gasteiger partial charge in [0.2, 0.25) is 10.0 Å². The fraction of sp³-hybridized carbons (Fsp3) is 1.00. The molecule has 0 spiro atoms. The van der Waals surface area contributed by atoms with E-state index in [0.29, 0.717) is 12.8 Å². The van der Waals surface area contributed by atoms with Gasteiger partial charge >= 0.3 is 0 Å². The lowest BCUT2D eigenvalue weighted by Gasteiger charge is -2.28. The lowest BCUT2D eigenvalue weighted by Crippen LogP contribution is -2.47. The minimum atomic E-state index is -3.65. The lowest BCUT2D eigenvalue weighted by atomic mass is 9.97. The van der Waals surface area contributed by atoms with E-state index in [-0.39, 0.29) is 6.61 Å². The maximum atomic E-state index is 11.7. The molecule has 0 bridgehead atoms. The van der Waals surface area contributed by atoms with Crippen LogP contribution in [0.3, 0.4) is 0 Å². The molecule has 1 atom stereocenters. The van der Waals surface area contributed by atoms with Crippen molar-refractivity contribution in [3.63, 3.8) is 0 Å². The van der Waals surface area contributed by atoms with Gasteiger partial charge in [0.25, 0.3) is 0 Å². The van der Waals surface area contributed by atoms with Crippen molar-refractivity contribution >= 4 is 19.9 Å². The van der Waals surface area contributed by atoms with E-state index in [2.05, 4.69) is 4.72 Å². The third-order valence-electron chi connectivity index (χ3n) is 2.57. The summed E-state index contributed by atoms with van der Waals surface area (Å²) < 4.78 is 47.6. The summed E-state index contributed by atoms with van der Waals surface area (Å²) in [5.41, 5.74) is -0.731. The second kappa shape index (κ2) is 6.12. The molecule has 8 heteroatoms. The molecule has 0 radical (unpaired) electrons. The highest BCUT2D eigenvalue weighted by Crippen LogP contribution is 2.15. The number of nitrogens with one attached hydrogen (secondary N) is 1. The fourth-order valence-corrected chi connectivity index (χ4v) is 4.42. The predicted octanol–water partition coefficient (Wildman–Crippen LogP) is -0.498. The molecule has 0 fully saturated rings. The molecule has 17 heavy (non-hydrogen) atoms. The second-order valence-corrected chi connectivity index (χ2v) is 8.54. The first-order chi connectivity index (χ1) is 7.54. The van der Waals surface area contributed by atoms with Crippen LogP contribution in [0.15, 0.2) is 0 Å². The van der Waals surface area contributed by atoms with Gasteiger partial charge in [-0.2, -0.15) is 0 Å². The summed E-state index contributed by atoms with van der Waals surface area (Å²) in [5.74, 6) is -0.853. The molecule has 0 saturated carbocycles. The molecule has 0 saturated heterocycles. The largest absolute Gasteiger partial charge is 0.396 e. The van der Waals surface area contributed by atoms with E-state index in [4.69, 9.17) is 5.11 Å². The molecule has 0 rings (SSSR count). The van der Waals surface area contributed by atoms with Crippen LogP contribution < -0.4 is 4.72 Å². The van der Waals surface area contributed by atoms with Gasteiger partial charge in [0, 0.05) is 18.4 Å². The maximum absolute atomic E-state index is 11.7. The zero-order valence-corrected chi connectivity index (χ0v) is 12.1. The minimum absolute atomic E-state index is 0.126. The maximum Gasteiger partial charge on any atom is 0.213 e. The third-order valence-corrected chi connectivity index (χ3v) is 5.32. The normalized spacial score (nSPS) is 16.7. The highest BCUT2D eigenvalue weighted by Gasteiger charge is 2.27. The summed E-state index contributed by atoms with van der Waals surface area (Å²) >= 11 is 0. The van der Waals surface area contributed by atoms with Crippen molar-refractivity contribution in [2.24, 2.45) is 0 Å². The average molecular weight is 287 g/mol. The summed E-state index contributed by atoms with van der Waals surface area (Å²) in [6, 6.07) is 0. The van der Waals surface area contributed by atoms with Gasteiger partial charge in [-0.25, -0.2) is 21.6 Å². The molecular weight excluding hydrogens is 266 g/mol. The van der Waals surface area contributed by atoms with Crippen LogP contribution in [-0.2, 0) is 19.9 Å². The number of aliphatic hydroxyl groups excluding tert-OH is 1. The van der Waals surface area contributed by atoms with E-state index >= 15 is 0 Å². The zero-order valence-electron chi connectivity index (χ0n) is 10.4. The molecule has 2 N–H and O–H groups in total. The lowest BCUT2D eigenvalue weighted by molar-refractivity contribution is 0.233. The van der Waals surface area contributed by atoms with E-state index in [1.165, 1.54) is 0 Å². The van der Waals surface area contributed by atoms with Crippen molar-refractivity contribution in [3.05, 3.63) is 0 Å². The first-order valence-corrected chi connectivity index (χ1v) is 9.05. The number of hydrogen-bond donors (Lipinski definition) is 2. The van der Waals surface area contributed by atoms with Crippen molar-refractivity contribution < 1.29 is 21.9 Å². The van der Waals surface area contributed by atoms with E-state index in [0.717, 1.165) is 6.26 Å². The van der Waals surface area contributed by atoms with Crippen LogP contribution in [0.4, 0.5) is 0 Å². The molecule has 0 aliphatic heterocycles. The number of sulfone groups is 1. The Morgan fingerprint density at radius 1 is 1.18 bits per heavy atom. The first kappa shape index (κ1) is 16.8. The van der Waals surface area contributed by atoms with Crippen molar-refractivity contribution in [1.82, 2.24) is 4.72 Å². The molecule has 104 valence electrons. The number of hydrogen-bond acceptors (Lipinski definition) is 5. The van der Waals surface area contributed by atoms with Crippen LogP contribution in [0, 0.1) is 0 Å². The third kappa shape index (κ3) is 7.69. The van der Waals surface area contributed by atoms with Gasteiger partial charge in [0.15, 0.2) is 0 Å². The first-order valence-electron chi connectivity index (χ1n) is 5.34. The number of sulfonamides is 1. The van der Waals surface area contributed by atoms with Crippen LogP contribution in [0.1, 0.15) is 26.7 Å². The second-order valence-electron chi connectivity index (χ2n) is 4.44. The molecule has 0 aliphatic carbocycles. The summed E-state index contributed by atoms with van der Waals surface area (Å²) in [6.45, 7) is 3.36. The van der Waals surface area contributed by atoms with Crippen LogP contribution in [0.25, 0.3) is 0 Å². The van der Waals surface area contributed by atoms with E-state index < -0.39 is 36.9 Å². The standard InChI is InChI=1S/C9H21NO5S2/c1-4-9(2,5-6-11)10-17(14,15)8-7-16(3,12)13/h10-11H,4-8H2,1-3H3.